The van der Waals surface area contributed by atoms with Crippen molar-refractivity contribution in [2.24, 2.45) is 5.92 Å². The van der Waals surface area contributed by atoms with Gasteiger partial charge in [-0.2, -0.15) is 0 Å². The van der Waals surface area contributed by atoms with Crippen molar-refractivity contribution in [3.63, 3.8) is 0 Å². The third-order valence-electron chi connectivity index (χ3n) is 2.72. The van der Waals surface area contributed by atoms with Crippen molar-refractivity contribution in [3.05, 3.63) is 0 Å². The van der Waals surface area contributed by atoms with Gasteiger partial charge in [0.1, 0.15) is 5.38 Å². The Morgan fingerprint density at radius 3 is 2.53 bits per heavy atom. The minimum Gasteiger partial charge on any atom is -0.480 e. The predicted octanol–water partition coefficient (Wildman–Crippen LogP) is 2.19. The van der Waals surface area contributed by atoms with Gasteiger partial charge in [-0.3, -0.25) is 9.69 Å². The third kappa shape index (κ3) is 4.85. The average molecular weight is 234 g/mol. The van der Waals surface area contributed by atoms with Gasteiger partial charge in [-0.15, -0.1) is 11.6 Å². The molecule has 1 N–H and O–H groups in total. The number of carboxylic acid groups (broad SMARTS) is 1. The number of carboxylic acids is 1. The molecule has 15 heavy (non-hydrogen) atoms. The molecule has 1 saturated carbocycles. The molecule has 1 atom stereocenters. The van der Waals surface area contributed by atoms with E-state index in [1.165, 1.54) is 12.8 Å². The van der Waals surface area contributed by atoms with Gasteiger partial charge in [0.05, 0.1) is 0 Å². The van der Waals surface area contributed by atoms with Crippen LogP contribution in [0.25, 0.3) is 0 Å². The summed E-state index contributed by atoms with van der Waals surface area (Å²) in [7, 11) is 0. The van der Waals surface area contributed by atoms with Gasteiger partial charge in [0.15, 0.2) is 0 Å². The number of alkyl halides is 1. The fourth-order valence-corrected chi connectivity index (χ4v) is 1.75. The van der Waals surface area contributed by atoms with Crippen molar-refractivity contribution in [1.82, 2.24) is 4.90 Å². The smallest absolute Gasteiger partial charge is 0.322 e. The molecule has 0 radical (unpaired) electrons. The lowest BCUT2D eigenvalue weighted by atomic mass is 10.1. The molecule has 0 saturated heterocycles. The summed E-state index contributed by atoms with van der Waals surface area (Å²) >= 11 is 5.76. The van der Waals surface area contributed by atoms with Crippen LogP contribution in [0.3, 0.4) is 0 Å². The van der Waals surface area contributed by atoms with Crippen LogP contribution < -0.4 is 0 Å². The van der Waals surface area contributed by atoms with E-state index in [-0.39, 0.29) is 0 Å². The maximum atomic E-state index is 10.7. The topological polar surface area (TPSA) is 40.5 Å². The second kappa shape index (κ2) is 5.71. The van der Waals surface area contributed by atoms with E-state index < -0.39 is 11.3 Å². The monoisotopic (exact) mass is 233 g/mol. The van der Waals surface area contributed by atoms with Gasteiger partial charge in [0, 0.05) is 12.6 Å². The largest absolute Gasteiger partial charge is 0.480 e. The molecule has 0 spiro atoms. The van der Waals surface area contributed by atoms with Gasteiger partial charge in [0.2, 0.25) is 0 Å². The second-order valence-electron chi connectivity index (χ2n) is 4.71. The van der Waals surface area contributed by atoms with Crippen molar-refractivity contribution < 1.29 is 9.90 Å². The van der Waals surface area contributed by atoms with Crippen molar-refractivity contribution in [1.29, 1.82) is 0 Å². The summed E-state index contributed by atoms with van der Waals surface area (Å²) in [6.07, 6.45) is 3.50. The molecule has 1 unspecified atom stereocenters. The molecule has 1 rings (SSSR count). The number of rotatable bonds is 7. The summed E-state index contributed by atoms with van der Waals surface area (Å²) in [6, 6.07) is 0.587. The van der Waals surface area contributed by atoms with E-state index in [1.807, 2.05) is 0 Å². The van der Waals surface area contributed by atoms with E-state index in [0.29, 0.717) is 18.5 Å². The van der Waals surface area contributed by atoms with Crippen molar-refractivity contribution in [3.8, 4) is 0 Å². The lowest BCUT2D eigenvalue weighted by molar-refractivity contribution is -0.137. The summed E-state index contributed by atoms with van der Waals surface area (Å²) < 4.78 is 0. The zero-order chi connectivity index (χ0) is 11.4. The van der Waals surface area contributed by atoms with Crippen LogP contribution in [0.2, 0.25) is 0 Å². The van der Waals surface area contributed by atoms with Crippen LogP contribution in [0, 0.1) is 5.92 Å². The molecule has 3 nitrogen and oxygen atoms in total. The SMILES string of the molecule is CC(C)CCN(CC(Cl)C(=O)O)C1CC1. The third-order valence-corrected chi connectivity index (χ3v) is 3.04. The Kier molecular flexibility index (Phi) is 4.87. The molecule has 0 aromatic heterocycles. The molecule has 1 aliphatic carbocycles. The van der Waals surface area contributed by atoms with Gasteiger partial charge >= 0.3 is 5.97 Å². The Balaban J connectivity index is 2.33. The Labute approximate surface area is 96.4 Å². The summed E-state index contributed by atoms with van der Waals surface area (Å²) in [6.45, 7) is 5.81. The maximum Gasteiger partial charge on any atom is 0.322 e. The van der Waals surface area contributed by atoms with Crippen LogP contribution in [0.1, 0.15) is 33.1 Å². The molecule has 0 aromatic carbocycles. The van der Waals surface area contributed by atoms with Crippen LogP contribution >= 0.6 is 11.6 Å². The molecule has 0 heterocycles. The molecule has 0 bridgehead atoms. The Morgan fingerprint density at radius 1 is 1.53 bits per heavy atom. The molecule has 0 amide bonds. The minimum atomic E-state index is -0.910. The molecule has 0 aromatic rings. The number of nitrogens with zero attached hydrogens (tertiary/aromatic N) is 1. The number of hydrogen-bond donors (Lipinski definition) is 1. The van der Waals surface area contributed by atoms with E-state index in [4.69, 9.17) is 16.7 Å². The minimum absolute atomic E-state index is 0.480. The summed E-state index contributed by atoms with van der Waals surface area (Å²) in [5.41, 5.74) is 0. The lowest BCUT2D eigenvalue weighted by Crippen LogP contribution is -2.36. The van der Waals surface area contributed by atoms with Crippen LogP contribution in [-0.2, 0) is 4.79 Å². The number of carbonyl (C=O) groups is 1. The number of aliphatic carboxylic acids is 1. The first-order valence-corrected chi connectivity index (χ1v) is 6.05. The van der Waals surface area contributed by atoms with Crippen LogP contribution in [0.4, 0.5) is 0 Å². The van der Waals surface area contributed by atoms with Gasteiger partial charge in [0.25, 0.3) is 0 Å². The zero-order valence-corrected chi connectivity index (χ0v) is 10.2. The first-order chi connectivity index (χ1) is 7.00. The number of hydrogen-bond acceptors (Lipinski definition) is 2. The standard InChI is InChI=1S/C11H20ClNO2/c1-8(2)5-6-13(9-3-4-9)7-10(12)11(14)15/h8-10H,3-7H2,1-2H3,(H,14,15). The van der Waals surface area contributed by atoms with E-state index in [9.17, 15) is 4.79 Å². The van der Waals surface area contributed by atoms with Gasteiger partial charge in [-0.1, -0.05) is 13.8 Å². The molecule has 0 aliphatic heterocycles. The molecular weight excluding hydrogens is 214 g/mol. The first-order valence-electron chi connectivity index (χ1n) is 5.61. The molecule has 88 valence electrons. The fourth-order valence-electron chi connectivity index (χ4n) is 1.57. The van der Waals surface area contributed by atoms with Gasteiger partial charge in [-0.05, 0) is 31.7 Å². The normalized spacial score (nSPS) is 18.5. The summed E-state index contributed by atoms with van der Waals surface area (Å²) in [5.74, 6) is -0.253. The quantitative estimate of drug-likeness (QED) is 0.686. The fraction of sp³-hybridized carbons (Fsp3) is 0.909. The first kappa shape index (κ1) is 12.8. The Bertz CT molecular complexity index is 217. The van der Waals surface area contributed by atoms with Crippen LogP contribution in [0.5, 0.6) is 0 Å². The van der Waals surface area contributed by atoms with Gasteiger partial charge < -0.3 is 5.11 Å². The van der Waals surface area contributed by atoms with Crippen molar-refractivity contribution >= 4 is 17.6 Å². The Morgan fingerprint density at radius 2 is 2.13 bits per heavy atom. The van der Waals surface area contributed by atoms with Crippen LogP contribution in [0.15, 0.2) is 0 Å². The molecule has 4 heteroatoms. The van der Waals surface area contributed by atoms with Crippen molar-refractivity contribution in [2.45, 2.75) is 44.5 Å². The summed E-state index contributed by atoms with van der Waals surface area (Å²) in [5, 5.41) is 7.99. The van der Waals surface area contributed by atoms with E-state index in [2.05, 4.69) is 18.7 Å². The highest BCUT2D eigenvalue weighted by Gasteiger charge is 2.31. The highest BCUT2D eigenvalue weighted by atomic mass is 35.5. The van der Waals surface area contributed by atoms with Crippen LogP contribution in [-0.4, -0.2) is 40.5 Å². The summed E-state index contributed by atoms with van der Waals surface area (Å²) in [4.78, 5) is 12.9. The molecule has 1 aliphatic rings. The van der Waals surface area contributed by atoms with Gasteiger partial charge in [-0.25, -0.2) is 0 Å². The second-order valence-corrected chi connectivity index (χ2v) is 5.24. The maximum absolute atomic E-state index is 10.7. The molecular formula is C11H20ClNO2. The Hall–Kier alpha value is -0.280. The van der Waals surface area contributed by atoms with Crippen molar-refractivity contribution in [2.75, 3.05) is 13.1 Å². The number of halogens is 1. The zero-order valence-electron chi connectivity index (χ0n) is 9.45. The highest BCUT2D eigenvalue weighted by molar-refractivity contribution is 6.29. The van der Waals surface area contributed by atoms with E-state index in [0.717, 1.165) is 13.0 Å². The predicted molar refractivity (Wildman–Crippen MR) is 61.3 cm³/mol. The average Bonchev–Trinajstić information content (AvgIpc) is 2.94. The highest BCUT2D eigenvalue weighted by Crippen LogP contribution is 2.28. The lowest BCUT2D eigenvalue weighted by Gasteiger charge is -2.23. The molecule has 1 fully saturated rings. The van der Waals surface area contributed by atoms with E-state index >= 15 is 0 Å². The van der Waals surface area contributed by atoms with E-state index in [1.54, 1.807) is 0 Å².